The highest BCUT2D eigenvalue weighted by atomic mass is 16.5. The Morgan fingerprint density at radius 3 is 2.17 bits per heavy atom. The summed E-state index contributed by atoms with van der Waals surface area (Å²) in [6.45, 7) is 3.50. The van der Waals surface area contributed by atoms with E-state index in [0.29, 0.717) is 18.7 Å². The molecule has 1 N–H and O–H groups in total. The molecule has 35 heavy (non-hydrogen) atoms. The number of hydrogen-bond acceptors (Lipinski definition) is 7. The van der Waals surface area contributed by atoms with Crippen LogP contribution < -0.4 is 5.32 Å². The molecular formula is C25H23N3O7. The van der Waals surface area contributed by atoms with E-state index in [1.54, 1.807) is 37.3 Å². The molecule has 0 spiro atoms. The van der Waals surface area contributed by atoms with Gasteiger partial charge in [-0.05, 0) is 19.9 Å². The normalized spacial score (nSPS) is 15.9. The second-order valence-corrected chi connectivity index (χ2v) is 8.16. The van der Waals surface area contributed by atoms with Crippen molar-refractivity contribution in [2.24, 2.45) is 0 Å². The maximum absolute atomic E-state index is 13.1. The molecule has 0 aromatic heterocycles. The van der Waals surface area contributed by atoms with Gasteiger partial charge in [0, 0.05) is 36.3 Å². The molecule has 1 atom stereocenters. The molecule has 0 bridgehead atoms. The molecule has 1 heterocycles. The molecule has 1 saturated heterocycles. The summed E-state index contributed by atoms with van der Waals surface area (Å²) in [6.07, 6.45) is -1.26. The first-order valence-corrected chi connectivity index (χ1v) is 11.1. The largest absolute Gasteiger partial charge is 0.451 e. The number of anilines is 1. The summed E-state index contributed by atoms with van der Waals surface area (Å²) in [6, 6.07) is 11.0. The van der Waals surface area contributed by atoms with Crippen molar-refractivity contribution in [3.63, 3.8) is 0 Å². The summed E-state index contributed by atoms with van der Waals surface area (Å²) >= 11 is 0. The fourth-order valence-corrected chi connectivity index (χ4v) is 4.09. The first-order chi connectivity index (χ1) is 16.7. The number of nitrogens with one attached hydrogen (secondary N) is 1. The molecule has 2 aromatic carbocycles. The molecule has 2 aliphatic rings. The summed E-state index contributed by atoms with van der Waals surface area (Å²) in [7, 11) is 0. The van der Waals surface area contributed by atoms with E-state index < -0.39 is 42.1 Å². The third-order valence-corrected chi connectivity index (χ3v) is 5.99. The first kappa shape index (κ1) is 23.8. The van der Waals surface area contributed by atoms with Gasteiger partial charge < -0.3 is 19.9 Å². The van der Waals surface area contributed by atoms with Gasteiger partial charge in [-0.25, -0.2) is 0 Å². The average molecular weight is 477 g/mol. The van der Waals surface area contributed by atoms with Gasteiger partial charge in [0.1, 0.15) is 6.54 Å². The molecule has 1 fully saturated rings. The van der Waals surface area contributed by atoms with Crippen molar-refractivity contribution < 1.29 is 33.5 Å². The van der Waals surface area contributed by atoms with Crippen LogP contribution in [0.4, 0.5) is 5.69 Å². The highest BCUT2D eigenvalue weighted by Crippen LogP contribution is 2.32. The number of carbonyl (C=O) groups excluding carboxylic acids is 6. The maximum atomic E-state index is 13.1. The molecule has 180 valence electrons. The second kappa shape index (κ2) is 9.49. The number of ketones is 2. The molecule has 10 heteroatoms. The van der Waals surface area contributed by atoms with E-state index in [2.05, 4.69) is 5.32 Å². The van der Waals surface area contributed by atoms with Crippen LogP contribution in [0, 0.1) is 0 Å². The van der Waals surface area contributed by atoms with Crippen LogP contribution in [0.1, 0.15) is 45.7 Å². The zero-order valence-electron chi connectivity index (χ0n) is 19.2. The molecule has 0 radical (unpaired) electrons. The van der Waals surface area contributed by atoms with E-state index in [1.807, 2.05) is 0 Å². The van der Waals surface area contributed by atoms with E-state index in [-0.39, 0.29) is 34.7 Å². The number of amides is 3. The Morgan fingerprint density at radius 1 is 0.886 bits per heavy atom. The van der Waals surface area contributed by atoms with E-state index in [4.69, 9.17) is 4.74 Å². The third-order valence-electron chi connectivity index (χ3n) is 5.99. The standard InChI is InChI=1S/C25H23N3O7/c1-3-27-11-12-28(25(34)24(27)33)13-19(29)35-14(2)23(32)26-18-10-6-9-17-20(18)22(31)16-8-5-4-7-15(16)21(17)30/h4-10,14H,3,11-13H2,1-2H3,(H,26,32). The van der Waals surface area contributed by atoms with Crippen molar-refractivity contribution in [2.45, 2.75) is 20.0 Å². The smallest absolute Gasteiger partial charge is 0.326 e. The van der Waals surface area contributed by atoms with Crippen molar-refractivity contribution in [3.05, 3.63) is 64.7 Å². The number of piperazine rings is 1. The number of esters is 1. The predicted molar refractivity (Wildman–Crippen MR) is 123 cm³/mol. The molecular weight excluding hydrogens is 454 g/mol. The maximum Gasteiger partial charge on any atom is 0.326 e. The minimum Gasteiger partial charge on any atom is -0.451 e. The van der Waals surface area contributed by atoms with Crippen LogP contribution in [0.2, 0.25) is 0 Å². The first-order valence-electron chi connectivity index (χ1n) is 11.1. The Hall–Kier alpha value is -4.34. The average Bonchev–Trinajstić information content (AvgIpc) is 2.85. The number of carbonyl (C=O) groups is 6. The van der Waals surface area contributed by atoms with Crippen molar-refractivity contribution in [1.29, 1.82) is 0 Å². The summed E-state index contributed by atoms with van der Waals surface area (Å²) in [5, 5.41) is 2.56. The molecule has 1 aliphatic carbocycles. The second-order valence-electron chi connectivity index (χ2n) is 8.16. The quantitative estimate of drug-likeness (QED) is 0.414. The van der Waals surface area contributed by atoms with Crippen LogP contribution >= 0.6 is 0 Å². The molecule has 3 amide bonds. The van der Waals surface area contributed by atoms with Gasteiger partial charge in [0.25, 0.3) is 5.91 Å². The van der Waals surface area contributed by atoms with Crippen LogP contribution in [-0.2, 0) is 23.9 Å². The third kappa shape index (κ3) is 4.42. The fourth-order valence-electron chi connectivity index (χ4n) is 4.09. The lowest BCUT2D eigenvalue weighted by Gasteiger charge is -2.32. The van der Waals surface area contributed by atoms with Crippen LogP contribution in [0.5, 0.6) is 0 Å². The number of benzene rings is 2. The topological polar surface area (TPSA) is 130 Å². The molecule has 1 unspecified atom stereocenters. The van der Waals surface area contributed by atoms with Gasteiger partial charge >= 0.3 is 17.8 Å². The minimum absolute atomic E-state index is 0.0704. The number of fused-ring (bicyclic) bond motifs is 2. The zero-order chi connectivity index (χ0) is 25.3. The monoisotopic (exact) mass is 477 g/mol. The Balaban J connectivity index is 1.43. The predicted octanol–water partition coefficient (Wildman–Crippen LogP) is 1.02. The SMILES string of the molecule is CCN1CCN(CC(=O)OC(C)C(=O)Nc2cccc3c2C(=O)c2ccccc2C3=O)C(=O)C1=O. The summed E-state index contributed by atoms with van der Waals surface area (Å²) in [4.78, 5) is 77.6. The Bertz CT molecular complexity index is 1270. The van der Waals surface area contributed by atoms with Crippen LogP contribution in [0.25, 0.3) is 0 Å². The van der Waals surface area contributed by atoms with Crippen molar-refractivity contribution >= 4 is 40.9 Å². The molecule has 4 rings (SSSR count). The highest BCUT2D eigenvalue weighted by Gasteiger charge is 2.34. The van der Waals surface area contributed by atoms with Crippen molar-refractivity contribution in [3.8, 4) is 0 Å². The highest BCUT2D eigenvalue weighted by molar-refractivity contribution is 6.35. The van der Waals surface area contributed by atoms with Gasteiger partial charge in [0.2, 0.25) is 0 Å². The summed E-state index contributed by atoms with van der Waals surface area (Å²) in [5.41, 5.74) is 0.906. The van der Waals surface area contributed by atoms with Crippen molar-refractivity contribution in [1.82, 2.24) is 9.80 Å². The Labute approximate surface area is 200 Å². The zero-order valence-corrected chi connectivity index (χ0v) is 19.2. The van der Waals surface area contributed by atoms with Gasteiger partial charge in [0.15, 0.2) is 17.7 Å². The number of rotatable bonds is 6. The summed E-state index contributed by atoms with van der Waals surface area (Å²) in [5.74, 6) is -3.78. The van der Waals surface area contributed by atoms with E-state index in [9.17, 15) is 28.8 Å². The molecule has 10 nitrogen and oxygen atoms in total. The molecule has 0 saturated carbocycles. The fraction of sp³-hybridized carbons (Fsp3) is 0.280. The van der Waals surface area contributed by atoms with Crippen LogP contribution in [0.3, 0.4) is 0 Å². The molecule has 2 aromatic rings. The number of likely N-dealkylation sites (N-methyl/N-ethyl adjacent to an activating group) is 1. The lowest BCUT2D eigenvalue weighted by Crippen LogP contribution is -2.55. The van der Waals surface area contributed by atoms with Crippen LogP contribution in [0.15, 0.2) is 42.5 Å². The summed E-state index contributed by atoms with van der Waals surface area (Å²) < 4.78 is 5.15. The lowest BCUT2D eigenvalue weighted by molar-refractivity contribution is -0.162. The molecule has 1 aliphatic heterocycles. The van der Waals surface area contributed by atoms with Gasteiger partial charge in [-0.3, -0.25) is 28.8 Å². The van der Waals surface area contributed by atoms with Gasteiger partial charge in [-0.2, -0.15) is 0 Å². The lowest BCUT2D eigenvalue weighted by atomic mass is 9.83. The number of ether oxygens (including phenoxy) is 1. The van der Waals surface area contributed by atoms with Crippen LogP contribution in [-0.4, -0.2) is 77.3 Å². The van der Waals surface area contributed by atoms with Gasteiger partial charge in [0.05, 0.1) is 11.3 Å². The Kier molecular flexibility index (Phi) is 6.46. The van der Waals surface area contributed by atoms with Gasteiger partial charge in [-0.1, -0.05) is 36.4 Å². The van der Waals surface area contributed by atoms with Crippen molar-refractivity contribution in [2.75, 3.05) is 31.5 Å². The number of hydrogen-bond donors (Lipinski definition) is 1. The van der Waals surface area contributed by atoms with E-state index in [1.165, 1.54) is 24.0 Å². The van der Waals surface area contributed by atoms with E-state index in [0.717, 1.165) is 4.90 Å². The van der Waals surface area contributed by atoms with E-state index >= 15 is 0 Å². The Morgan fingerprint density at radius 2 is 1.49 bits per heavy atom. The minimum atomic E-state index is -1.26. The number of nitrogens with zero attached hydrogens (tertiary/aromatic N) is 2. The van der Waals surface area contributed by atoms with Gasteiger partial charge in [-0.15, -0.1) is 0 Å².